The Morgan fingerprint density at radius 3 is 2.67 bits per heavy atom. The Hall–Kier alpha value is -2.16. The molecule has 3 heterocycles. The van der Waals surface area contributed by atoms with Gasteiger partial charge in [0.1, 0.15) is 17.5 Å². The van der Waals surface area contributed by atoms with Crippen LogP contribution in [0.3, 0.4) is 0 Å². The molecule has 0 saturated heterocycles. The highest BCUT2D eigenvalue weighted by molar-refractivity contribution is 6.76. The molecule has 30 heavy (non-hydrogen) atoms. The van der Waals surface area contributed by atoms with Gasteiger partial charge in [-0.1, -0.05) is 31.2 Å². The molecule has 0 aliphatic carbocycles. The second kappa shape index (κ2) is 9.32. The van der Waals surface area contributed by atoms with Crippen molar-refractivity contribution in [2.45, 2.75) is 39.3 Å². The Bertz CT molecular complexity index is 1040. The second-order valence-electron chi connectivity index (χ2n) is 8.12. The first kappa shape index (κ1) is 22.5. The summed E-state index contributed by atoms with van der Waals surface area (Å²) in [6.45, 7) is 10.1. The van der Waals surface area contributed by atoms with Crippen molar-refractivity contribution in [3.05, 3.63) is 35.5 Å². The molecule has 0 aliphatic rings. The van der Waals surface area contributed by atoms with Crippen LogP contribution in [0.1, 0.15) is 6.92 Å². The minimum Gasteiger partial charge on any atom is -0.493 e. The highest BCUT2D eigenvalue weighted by Crippen LogP contribution is 2.42. The lowest BCUT2D eigenvalue weighted by atomic mass is 10.1. The average Bonchev–Trinajstić information content (AvgIpc) is 3.03. The van der Waals surface area contributed by atoms with Gasteiger partial charge in [0.15, 0.2) is 11.6 Å². The van der Waals surface area contributed by atoms with Gasteiger partial charge in [0.2, 0.25) is 5.88 Å². The standard InChI is InChI=1S/C21H27ClFN3O3Si/c1-6-29-21-18(19(27-2)16(23)11-24-21)15-12-26(13-28-9-10-30(3,4)5)20-14(15)7-8-17(22)25-20/h7-8,11-12H,6,9-10,13H2,1-5H3. The van der Waals surface area contributed by atoms with Crippen molar-refractivity contribution < 1.29 is 18.6 Å². The summed E-state index contributed by atoms with van der Waals surface area (Å²) in [7, 11) is 0.227. The van der Waals surface area contributed by atoms with Gasteiger partial charge in [0.05, 0.1) is 25.5 Å². The van der Waals surface area contributed by atoms with Gasteiger partial charge < -0.3 is 18.8 Å². The van der Waals surface area contributed by atoms with E-state index in [9.17, 15) is 4.39 Å². The van der Waals surface area contributed by atoms with Crippen LogP contribution in [0, 0.1) is 5.82 Å². The smallest absolute Gasteiger partial charge is 0.225 e. The molecule has 0 saturated carbocycles. The number of rotatable bonds is 9. The average molecular weight is 452 g/mol. The SMILES string of the molecule is CCOc1ncc(F)c(OC)c1-c1cn(COCC[Si](C)(C)C)c2nc(Cl)ccc12. The predicted molar refractivity (Wildman–Crippen MR) is 120 cm³/mol. The van der Waals surface area contributed by atoms with Crippen molar-refractivity contribution in [1.29, 1.82) is 0 Å². The van der Waals surface area contributed by atoms with Crippen molar-refractivity contribution in [3.8, 4) is 22.8 Å². The largest absolute Gasteiger partial charge is 0.493 e. The first-order valence-corrected chi connectivity index (χ1v) is 13.9. The molecule has 6 nitrogen and oxygen atoms in total. The lowest BCUT2D eigenvalue weighted by Crippen LogP contribution is -2.22. The van der Waals surface area contributed by atoms with Crippen LogP contribution in [0.5, 0.6) is 11.6 Å². The number of aromatic nitrogens is 3. The quantitative estimate of drug-likeness (QED) is 0.240. The molecule has 0 aromatic carbocycles. The van der Waals surface area contributed by atoms with Crippen LogP contribution in [-0.4, -0.2) is 42.9 Å². The van der Waals surface area contributed by atoms with Gasteiger partial charge in [-0.25, -0.2) is 14.4 Å². The summed E-state index contributed by atoms with van der Waals surface area (Å²) in [6.07, 6.45) is 2.95. The summed E-state index contributed by atoms with van der Waals surface area (Å²) in [5.41, 5.74) is 1.77. The van der Waals surface area contributed by atoms with Gasteiger partial charge in [0.25, 0.3) is 0 Å². The predicted octanol–water partition coefficient (Wildman–Crippen LogP) is 5.61. The summed E-state index contributed by atoms with van der Waals surface area (Å²) in [4.78, 5) is 8.59. The molecule has 0 N–H and O–H groups in total. The molecule has 0 atom stereocenters. The third-order valence-corrected chi connectivity index (χ3v) is 6.54. The molecule has 0 fully saturated rings. The van der Waals surface area contributed by atoms with Crippen molar-refractivity contribution in [2.75, 3.05) is 20.3 Å². The monoisotopic (exact) mass is 451 g/mol. The van der Waals surface area contributed by atoms with Crippen molar-refractivity contribution in [2.24, 2.45) is 0 Å². The maximum absolute atomic E-state index is 14.5. The maximum atomic E-state index is 14.5. The van der Waals surface area contributed by atoms with E-state index in [0.29, 0.717) is 47.8 Å². The van der Waals surface area contributed by atoms with Crippen LogP contribution in [0.15, 0.2) is 24.5 Å². The second-order valence-corrected chi connectivity index (χ2v) is 14.1. The number of halogens is 2. The van der Waals surface area contributed by atoms with E-state index in [4.69, 9.17) is 25.8 Å². The minimum atomic E-state index is -1.19. The number of hydrogen-bond acceptors (Lipinski definition) is 5. The van der Waals surface area contributed by atoms with Crippen molar-refractivity contribution in [3.63, 3.8) is 0 Å². The van der Waals surface area contributed by atoms with Gasteiger partial charge in [-0.3, -0.25) is 0 Å². The summed E-state index contributed by atoms with van der Waals surface area (Å²) < 4.78 is 33.3. The van der Waals surface area contributed by atoms with Crippen LogP contribution in [0.2, 0.25) is 30.8 Å². The fourth-order valence-corrected chi connectivity index (χ4v) is 4.02. The van der Waals surface area contributed by atoms with E-state index in [0.717, 1.165) is 17.6 Å². The first-order chi connectivity index (χ1) is 14.2. The fraction of sp³-hybridized carbons (Fsp3) is 0.429. The molecule has 9 heteroatoms. The van der Waals surface area contributed by atoms with Gasteiger partial charge in [-0.05, 0) is 25.1 Å². The number of ether oxygens (including phenoxy) is 3. The Labute approximate surface area is 182 Å². The van der Waals surface area contributed by atoms with E-state index < -0.39 is 13.9 Å². The zero-order chi connectivity index (χ0) is 21.9. The van der Waals surface area contributed by atoms with Crippen LogP contribution in [0.25, 0.3) is 22.2 Å². The minimum absolute atomic E-state index is 0.0714. The lowest BCUT2D eigenvalue weighted by Gasteiger charge is -2.15. The summed E-state index contributed by atoms with van der Waals surface area (Å²) in [5.74, 6) is -0.198. The maximum Gasteiger partial charge on any atom is 0.225 e. The number of methoxy groups -OCH3 is 1. The number of nitrogens with zero attached hydrogens (tertiary/aromatic N) is 3. The molecule has 0 radical (unpaired) electrons. The highest BCUT2D eigenvalue weighted by Gasteiger charge is 2.23. The fourth-order valence-electron chi connectivity index (χ4n) is 3.12. The topological polar surface area (TPSA) is 58.4 Å². The first-order valence-electron chi connectivity index (χ1n) is 9.84. The van der Waals surface area contributed by atoms with Gasteiger partial charge in [-0.15, -0.1) is 0 Å². The molecule has 162 valence electrons. The molecular formula is C21H27ClFN3O3Si. The molecule has 0 bridgehead atoms. The van der Waals surface area contributed by atoms with Crippen LogP contribution in [0.4, 0.5) is 4.39 Å². The molecule has 0 aliphatic heterocycles. The third kappa shape index (κ3) is 4.93. The lowest BCUT2D eigenvalue weighted by molar-refractivity contribution is 0.0899. The molecule has 3 aromatic rings. The van der Waals surface area contributed by atoms with Gasteiger partial charge in [-0.2, -0.15) is 0 Å². The number of hydrogen-bond donors (Lipinski definition) is 0. The van der Waals surface area contributed by atoms with Crippen LogP contribution in [-0.2, 0) is 11.5 Å². The van der Waals surface area contributed by atoms with E-state index in [2.05, 4.69) is 29.6 Å². The third-order valence-electron chi connectivity index (χ3n) is 4.62. The van der Waals surface area contributed by atoms with E-state index >= 15 is 0 Å². The Kier molecular flexibility index (Phi) is 7.00. The van der Waals surface area contributed by atoms with E-state index in [1.165, 1.54) is 7.11 Å². The molecule has 0 unspecified atom stereocenters. The molecule has 0 amide bonds. The summed E-state index contributed by atoms with van der Waals surface area (Å²) in [6, 6.07) is 4.60. The highest BCUT2D eigenvalue weighted by atomic mass is 35.5. The molecule has 0 spiro atoms. The molecular weight excluding hydrogens is 425 g/mol. The van der Waals surface area contributed by atoms with Crippen molar-refractivity contribution >= 4 is 30.7 Å². The van der Waals surface area contributed by atoms with Crippen LogP contribution < -0.4 is 9.47 Å². The zero-order valence-electron chi connectivity index (χ0n) is 18.0. The van der Waals surface area contributed by atoms with Crippen molar-refractivity contribution in [1.82, 2.24) is 14.5 Å². The Balaban J connectivity index is 2.09. The van der Waals surface area contributed by atoms with Gasteiger partial charge >= 0.3 is 0 Å². The van der Waals surface area contributed by atoms with E-state index in [1.807, 2.05) is 23.8 Å². The Morgan fingerprint density at radius 1 is 1.23 bits per heavy atom. The normalized spacial score (nSPS) is 11.8. The van der Waals surface area contributed by atoms with Crippen LogP contribution >= 0.6 is 11.6 Å². The van der Waals surface area contributed by atoms with E-state index in [1.54, 1.807) is 6.07 Å². The number of pyridine rings is 2. The zero-order valence-corrected chi connectivity index (χ0v) is 19.7. The van der Waals surface area contributed by atoms with E-state index in [-0.39, 0.29) is 5.75 Å². The Morgan fingerprint density at radius 2 is 2.00 bits per heavy atom. The summed E-state index contributed by atoms with van der Waals surface area (Å²) in [5, 5.41) is 1.14. The molecule has 3 aromatic heterocycles. The summed E-state index contributed by atoms with van der Waals surface area (Å²) >= 11 is 6.15. The number of fused-ring (bicyclic) bond motifs is 1. The van der Waals surface area contributed by atoms with Gasteiger partial charge in [0, 0.05) is 31.8 Å². The molecule has 3 rings (SSSR count).